The van der Waals surface area contributed by atoms with Gasteiger partial charge in [0.05, 0.1) is 30.8 Å². The number of carbonyl (C=O) groups excluding carboxylic acids is 1. The molecule has 13 atom stereocenters. The molecule has 2 bridgehead atoms. The fraction of sp³-hybridized carbons (Fsp3) is 0.967. The molecule has 10 nitrogen and oxygen atoms in total. The van der Waals surface area contributed by atoms with Gasteiger partial charge in [-0.1, -0.05) is 26.7 Å². The predicted octanol–water partition coefficient (Wildman–Crippen LogP) is 3.99. The van der Waals surface area contributed by atoms with E-state index in [1.165, 1.54) is 0 Å². The van der Waals surface area contributed by atoms with Gasteiger partial charge in [-0.3, -0.25) is 4.79 Å². The zero-order valence-electron chi connectivity index (χ0n) is 24.8. The van der Waals surface area contributed by atoms with Crippen LogP contribution in [0.5, 0.6) is 0 Å². The molecule has 1 aliphatic carbocycles. The quantitative estimate of drug-likeness (QED) is 0.226. The number of aliphatic hydroxyl groups excluding tert-OH is 2. The minimum atomic E-state index is -0.866. The topological polar surface area (TPSA) is 122 Å². The van der Waals surface area contributed by atoms with Crippen molar-refractivity contribution >= 4 is 5.97 Å². The molecular weight excluding hydrogens is 520 g/mol. The van der Waals surface area contributed by atoms with Crippen molar-refractivity contribution in [2.75, 3.05) is 6.61 Å². The molecule has 6 aliphatic rings. The SMILES string of the molecule is C[C@H]1[C@@H](CC(=O)O[C@@H]2C[C@@H](O)[C@H](C)O[C@H]2O[C@H](C)CCCCCO)OC2O[C@]3(C)CC[C@H]4[C@H](C)CC[C@@H]1[C@@]24OO3. The van der Waals surface area contributed by atoms with Gasteiger partial charge >= 0.3 is 5.97 Å². The van der Waals surface area contributed by atoms with Gasteiger partial charge in [-0.05, 0) is 70.6 Å². The highest BCUT2D eigenvalue weighted by Gasteiger charge is 2.69. The van der Waals surface area contributed by atoms with Crippen molar-refractivity contribution in [2.45, 2.75) is 153 Å². The molecular formula is C30H50O10. The molecule has 5 heterocycles. The first-order valence-electron chi connectivity index (χ1n) is 15.6. The van der Waals surface area contributed by atoms with E-state index < -0.39 is 54.4 Å². The molecule has 6 rings (SSSR count). The average molecular weight is 571 g/mol. The van der Waals surface area contributed by atoms with Crippen molar-refractivity contribution in [3.8, 4) is 0 Å². The lowest BCUT2D eigenvalue weighted by molar-refractivity contribution is -0.571. The van der Waals surface area contributed by atoms with Crippen LogP contribution in [-0.2, 0) is 38.3 Å². The van der Waals surface area contributed by atoms with Gasteiger partial charge in [0.25, 0.3) is 0 Å². The van der Waals surface area contributed by atoms with Gasteiger partial charge in [-0.15, -0.1) is 0 Å². The second-order valence-corrected chi connectivity index (χ2v) is 13.2. The summed E-state index contributed by atoms with van der Waals surface area (Å²) < 4.78 is 31.0. The molecule has 40 heavy (non-hydrogen) atoms. The Morgan fingerprint density at radius 3 is 2.62 bits per heavy atom. The Hall–Kier alpha value is -0.850. The van der Waals surface area contributed by atoms with Crippen LogP contribution in [0.3, 0.4) is 0 Å². The Morgan fingerprint density at radius 2 is 1.85 bits per heavy atom. The summed E-state index contributed by atoms with van der Waals surface area (Å²) in [4.78, 5) is 25.4. The van der Waals surface area contributed by atoms with E-state index in [0.29, 0.717) is 5.92 Å². The standard InChI is InChI=1S/C30H50O10/c1-17-10-11-22-19(3)24(37-28-30(22)21(17)12-13-29(5,38-28)39-40-30)16-26(33)36-25-15-23(32)20(4)35-27(25)34-18(2)9-7-6-8-14-31/h17-25,27-28,31-32H,6-16H2,1-5H3/t17-,18-,19-,20+,21+,22+,23-,24-,25-,27-,28?,29+,30-/m1/s1. The van der Waals surface area contributed by atoms with Crippen LogP contribution in [0.2, 0.25) is 0 Å². The van der Waals surface area contributed by atoms with Crippen molar-refractivity contribution in [2.24, 2.45) is 23.7 Å². The van der Waals surface area contributed by atoms with Crippen LogP contribution in [0.25, 0.3) is 0 Å². The zero-order chi connectivity index (χ0) is 28.7. The second-order valence-electron chi connectivity index (χ2n) is 13.2. The van der Waals surface area contributed by atoms with Gasteiger partial charge in [0.15, 0.2) is 24.3 Å². The summed E-state index contributed by atoms with van der Waals surface area (Å²) in [7, 11) is 0. The van der Waals surface area contributed by atoms with Gasteiger partial charge in [0.1, 0.15) is 0 Å². The predicted molar refractivity (Wildman–Crippen MR) is 142 cm³/mol. The summed E-state index contributed by atoms with van der Waals surface area (Å²) in [6.07, 6.45) is 3.71. The van der Waals surface area contributed by atoms with Crippen molar-refractivity contribution in [1.82, 2.24) is 0 Å². The number of hydrogen-bond donors (Lipinski definition) is 2. The van der Waals surface area contributed by atoms with Crippen LogP contribution in [0.15, 0.2) is 0 Å². The molecule has 0 aromatic heterocycles. The van der Waals surface area contributed by atoms with Crippen LogP contribution in [0.4, 0.5) is 0 Å². The van der Waals surface area contributed by atoms with Gasteiger partial charge in [-0.25, -0.2) is 9.78 Å². The third-order valence-corrected chi connectivity index (χ3v) is 10.2. The normalized spacial score (nSPS) is 47.3. The number of unbranched alkanes of at least 4 members (excludes halogenated alkanes) is 2. The maximum absolute atomic E-state index is 13.3. The molecule has 5 aliphatic heterocycles. The van der Waals surface area contributed by atoms with Gasteiger partial charge in [0.2, 0.25) is 5.79 Å². The van der Waals surface area contributed by atoms with E-state index in [9.17, 15) is 9.90 Å². The molecule has 1 spiro atoms. The van der Waals surface area contributed by atoms with Crippen LogP contribution < -0.4 is 0 Å². The third kappa shape index (κ3) is 5.97. The Kier molecular flexibility index (Phi) is 9.49. The summed E-state index contributed by atoms with van der Waals surface area (Å²) in [6, 6.07) is 0. The number of fused-ring (bicyclic) bond motifs is 2. The van der Waals surface area contributed by atoms with Crippen LogP contribution >= 0.6 is 0 Å². The molecule has 1 saturated carbocycles. The summed E-state index contributed by atoms with van der Waals surface area (Å²) in [5.74, 6) is -0.367. The first kappa shape index (κ1) is 30.6. The van der Waals surface area contributed by atoms with Gasteiger partial charge in [0, 0.05) is 25.4 Å². The lowest BCUT2D eigenvalue weighted by Crippen LogP contribution is -2.70. The number of carbonyl (C=O) groups is 1. The number of aliphatic hydroxyl groups is 2. The zero-order valence-corrected chi connectivity index (χ0v) is 24.8. The summed E-state index contributed by atoms with van der Waals surface area (Å²) in [5, 5.41) is 19.5. The lowest BCUT2D eigenvalue weighted by Gasteiger charge is -2.60. The first-order chi connectivity index (χ1) is 19.1. The number of esters is 1. The van der Waals surface area contributed by atoms with E-state index >= 15 is 0 Å². The molecule has 0 aromatic rings. The molecule has 2 N–H and O–H groups in total. The summed E-state index contributed by atoms with van der Waals surface area (Å²) in [5.41, 5.74) is -0.669. The molecule has 6 fully saturated rings. The van der Waals surface area contributed by atoms with Crippen molar-refractivity contribution in [1.29, 1.82) is 0 Å². The van der Waals surface area contributed by atoms with Crippen LogP contribution in [0.1, 0.15) is 98.8 Å². The minimum Gasteiger partial charge on any atom is -0.457 e. The van der Waals surface area contributed by atoms with Crippen molar-refractivity contribution < 1.29 is 48.5 Å². The first-order valence-corrected chi connectivity index (χ1v) is 15.6. The smallest absolute Gasteiger partial charge is 0.308 e. The summed E-state index contributed by atoms with van der Waals surface area (Å²) in [6.45, 7) is 10.2. The molecule has 1 unspecified atom stereocenters. The van der Waals surface area contributed by atoms with Crippen LogP contribution in [0, 0.1) is 23.7 Å². The number of hydrogen-bond acceptors (Lipinski definition) is 10. The van der Waals surface area contributed by atoms with E-state index in [4.69, 9.17) is 38.6 Å². The maximum atomic E-state index is 13.3. The Bertz CT molecular complexity index is 871. The maximum Gasteiger partial charge on any atom is 0.308 e. The average Bonchev–Trinajstić information content (AvgIpc) is 3.13. The van der Waals surface area contributed by atoms with Crippen LogP contribution in [-0.4, -0.2) is 77.3 Å². The van der Waals surface area contributed by atoms with E-state index in [2.05, 4.69) is 13.8 Å². The third-order valence-electron chi connectivity index (χ3n) is 10.2. The lowest BCUT2D eigenvalue weighted by atomic mass is 9.57. The second kappa shape index (κ2) is 12.4. The Balaban J connectivity index is 1.24. The molecule has 10 heteroatoms. The number of rotatable bonds is 10. The van der Waals surface area contributed by atoms with Crippen molar-refractivity contribution in [3.05, 3.63) is 0 Å². The van der Waals surface area contributed by atoms with E-state index in [-0.39, 0.29) is 43.3 Å². The van der Waals surface area contributed by atoms with E-state index in [1.807, 2.05) is 13.8 Å². The Labute approximate surface area is 238 Å². The highest BCUT2D eigenvalue weighted by Crippen LogP contribution is 2.60. The highest BCUT2D eigenvalue weighted by molar-refractivity contribution is 5.70. The highest BCUT2D eigenvalue weighted by atomic mass is 17.3. The minimum absolute atomic E-state index is 0.0349. The van der Waals surface area contributed by atoms with E-state index in [0.717, 1.165) is 51.4 Å². The van der Waals surface area contributed by atoms with Crippen molar-refractivity contribution in [3.63, 3.8) is 0 Å². The Morgan fingerprint density at radius 1 is 1.05 bits per heavy atom. The molecule has 5 saturated heterocycles. The van der Waals surface area contributed by atoms with E-state index in [1.54, 1.807) is 6.92 Å². The largest absolute Gasteiger partial charge is 0.457 e. The molecule has 230 valence electrons. The van der Waals surface area contributed by atoms with Gasteiger partial charge in [-0.2, -0.15) is 0 Å². The molecule has 0 aromatic carbocycles. The monoisotopic (exact) mass is 570 g/mol. The van der Waals surface area contributed by atoms with Gasteiger partial charge < -0.3 is 33.9 Å². The fourth-order valence-corrected chi connectivity index (χ4v) is 7.76. The molecule has 0 amide bonds. The molecule has 0 radical (unpaired) electrons. The summed E-state index contributed by atoms with van der Waals surface area (Å²) >= 11 is 0. The fourth-order valence-electron chi connectivity index (χ4n) is 7.76. The number of ether oxygens (including phenoxy) is 5.